The highest BCUT2D eigenvalue weighted by molar-refractivity contribution is 9.10. The molecule has 1 rings (SSSR count). The van der Waals surface area contributed by atoms with E-state index in [2.05, 4.69) is 15.9 Å². The first-order chi connectivity index (χ1) is 5.16. The summed E-state index contributed by atoms with van der Waals surface area (Å²) in [5.74, 6) is 0. The number of hydrogen-bond acceptors (Lipinski definition) is 1. The lowest BCUT2D eigenvalue weighted by molar-refractivity contribution is 0.282. The van der Waals surface area contributed by atoms with Gasteiger partial charge in [-0.25, -0.2) is 0 Å². The summed E-state index contributed by atoms with van der Waals surface area (Å²) in [4.78, 5) is 0. The van der Waals surface area contributed by atoms with Gasteiger partial charge in [0, 0.05) is 15.1 Å². The highest BCUT2D eigenvalue weighted by Crippen LogP contribution is 2.31. The molecule has 1 aromatic carbocycles. The molecule has 0 saturated heterocycles. The molecule has 0 radical (unpaired) electrons. The van der Waals surface area contributed by atoms with Crippen molar-refractivity contribution in [3.63, 3.8) is 0 Å². The summed E-state index contributed by atoms with van der Waals surface area (Å²) in [6.45, 7) is -0.142. The molecule has 0 aliphatic rings. The van der Waals surface area contributed by atoms with E-state index >= 15 is 0 Å². The number of halogens is 3. The average Bonchev–Trinajstić information content (AvgIpc) is 1.99. The van der Waals surface area contributed by atoms with Gasteiger partial charge in [-0.05, 0) is 28.1 Å². The van der Waals surface area contributed by atoms with E-state index in [9.17, 15) is 0 Å². The maximum atomic E-state index is 8.83. The maximum Gasteiger partial charge on any atom is 0.0711 e. The summed E-state index contributed by atoms with van der Waals surface area (Å²) >= 11 is 14.8. The zero-order valence-corrected chi connectivity index (χ0v) is 8.54. The van der Waals surface area contributed by atoms with Gasteiger partial charge in [0.15, 0.2) is 0 Å². The van der Waals surface area contributed by atoms with Crippen LogP contribution in [0.3, 0.4) is 0 Å². The van der Waals surface area contributed by atoms with Gasteiger partial charge in [-0.15, -0.1) is 0 Å². The zero-order valence-electron chi connectivity index (χ0n) is 5.44. The molecule has 0 heterocycles. The lowest BCUT2D eigenvalue weighted by atomic mass is 10.2. The molecular formula is C7H5BrCl2O. The molecule has 1 aromatic rings. The first-order valence-electron chi connectivity index (χ1n) is 2.90. The second kappa shape index (κ2) is 3.76. The van der Waals surface area contributed by atoms with Crippen LogP contribution in [0.1, 0.15) is 5.56 Å². The molecule has 0 aliphatic carbocycles. The highest BCUT2D eigenvalue weighted by Gasteiger charge is 2.06. The van der Waals surface area contributed by atoms with Crippen LogP contribution in [0.25, 0.3) is 0 Å². The predicted octanol–water partition coefficient (Wildman–Crippen LogP) is 3.25. The Labute approximate surface area is 83.1 Å². The van der Waals surface area contributed by atoms with Crippen LogP contribution in [0.4, 0.5) is 0 Å². The molecule has 0 bridgehead atoms. The molecule has 0 saturated carbocycles. The van der Waals surface area contributed by atoms with Crippen LogP contribution < -0.4 is 0 Å². The van der Waals surface area contributed by atoms with Gasteiger partial charge in [0.25, 0.3) is 0 Å². The van der Waals surface area contributed by atoms with Gasteiger partial charge in [0.1, 0.15) is 0 Å². The van der Waals surface area contributed by atoms with Gasteiger partial charge in [-0.1, -0.05) is 23.2 Å². The topological polar surface area (TPSA) is 20.2 Å². The molecular weight excluding hydrogens is 251 g/mol. The summed E-state index contributed by atoms with van der Waals surface area (Å²) in [5.41, 5.74) is 0.558. The molecule has 0 aromatic heterocycles. The van der Waals surface area contributed by atoms with Crippen molar-refractivity contribution in [3.8, 4) is 0 Å². The largest absolute Gasteiger partial charge is 0.392 e. The van der Waals surface area contributed by atoms with Crippen LogP contribution in [0.5, 0.6) is 0 Å². The Morgan fingerprint density at radius 1 is 1.36 bits per heavy atom. The van der Waals surface area contributed by atoms with Crippen molar-refractivity contribution in [2.75, 3.05) is 0 Å². The molecule has 60 valence electrons. The molecule has 0 amide bonds. The first kappa shape index (κ1) is 9.33. The number of rotatable bonds is 1. The van der Waals surface area contributed by atoms with Crippen LogP contribution in [-0.4, -0.2) is 5.11 Å². The van der Waals surface area contributed by atoms with E-state index in [1.54, 1.807) is 12.1 Å². The summed E-state index contributed by atoms with van der Waals surface area (Å²) in [6.07, 6.45) is 0. The summed E-state index contributed by atoms with van der Waals surface area (Å²) in [7, 11) is 0. The normalized spacial score (nSPS) is 10.2. The Morgan fingerprint density at radius 2 is 2.00 bits per heavy atom. The fourth-order valence-electron chi connectivity index (χ4n) is 0.714. The smallest absolute Gasteiger partial charge is 0.0711 e. The first-order valence-corrected chi connectivity index (χ1v) is 4.45. The number of aliphatic hydroxyl groups is 1. The minimum absolute atomic E-state index is 0.142. The second-order valence-corrected chi connectivity index (χ2v) is 3.62. The third-order valence-corrected chi connectivity index (χ3v) is 2.97. The van der Waals surface area contributed by atoms with Gasteiger partial charge in [0.05, 0.1) is 11.6 Å². The van der Waals surface area contributed by atoms with E-state index in [4.69, 9.17) is 28.3 Å². The Morgan fingerprint density at radius 3 is 2.45 bits per heavy atom. The molecule has 0 atom stereocenters. The number of aliphatic hydroxyl groups excluding tert-OH is 1. The predicted molar refractivity (Wildman–Crippen MR) is 50.1 cm³/mol. The van der Waals surface area contributed by atoms with Gasteiger partial charge in [-0.3, -0.25) is 0 Å². The Hall–Kier alpha value is 0.240. The minimum Gasteiger partial charge on any atom is -0.392 e. The highest BCUT2D eigenvalue weighted by atomic mass is 79.9. The minimum atomic E-state index is -0.142. The lowest BCUT2D eigenvalue weighted by Crippen LogP contribution is -1.86. The average molecular weight is 256 g/mol. The quantitative estimate of drug-likeness (QED) is 0.764. The third-order valence-electron chi connectivity index (χ3n) is 1.30. The van der Waals surface area contributed by atoms with Crippen LogP contribution >= 0.6 is 39.1 Å². The van der Waals surface area contributed by atoms with Crippen molar-refractivity contribution in [2.45, 2.75) is 6.61 Å². The van der Waals surface area contributed by atoms with Crippen molar-refractivity contribution in [1.82, 2.24) is 0 Å². The Kier molecular flexibility index (Phi) is 3.19. The van der Waals surface area contributed by atoms with Crippen molar-refractivity contribution in [3.05, 3.63) is 32.2 Å². The summed E-state index contributed by atoms with van der Waals surface area (Å²) < 4.78 is 0.743. The van der Waals surface area contributed by atoms with E-state index in [1.807, 2.05) is 0 Å². The van der Waals surface area contributed by atoms with Gasteiger partial charge in [0.2, 0.25) is 0 Å². The third kappa shape index (κ3) is 1.88. The van der Waals surface area contributed by atoms with Crippen LogP contribution in [0.2, 0.25) is 10.0 Å². The number of benzene rings is 1. The molecule has 11 heavy (non-hydrogen) atoms. The van der Waals surface area contributed by atoms with E-state index in [0.717, 1.165) is 4.47 Å². The molecule has 1 N–H and O–H groups in total. The fourth-order valence-corrected chi connectivity index (χ4v) is 1.58. The SMILES string of the molecule is OCc1c(Cl)ccc(Br)c1Cl. The van der Waals surface area contributed by atoms with Crippen molar-refractivity contribution in [2.24, 2.45) is 0 Å². The maximum absolute atomic E-state index is 8.83. The second-order valence-electron chi connectivity index (χ2n) is 1.98. The standard InChI is InChI=1S/C7H5BrCl2O/c8-5-1-2-6(9)4(3-11)7(5)10/h1-2,11H,3H2. The van der Waals surface area contributed by atoms with E-state index in [1.165, 1.54) is 0 Å². The molecule has 4 heteroatoms. The monoisotopic (exact) mass is 254 g/mol. The van der Waals surface area contributed by atoms with Crippen molar-refractivity contribution < 1.29 is 5.11 Å². The molecule has 0 unspecified atom stereocenters. The van der Waals surface area contributed by atoms with Crippen molar-refractivity contribution >= 4 is 39.1 Å². The van der Waals surface area contributed by atoms with Gasteiger partial charge in [-0.2, -0.15) is 0 Å². The van der Waals surface area contributed by atoms with Crippen LogP contribution in [0, 0.1) is 0 Å². The van der Waals surface area contributed by atoms with E-state index in [-0.39, 0.29) is 6.61 Å². The van der Waals surface area contributed by atoms with Gasteiger partial charge >= 0.3 is 0 Å². The van der Waals surface area contributed by atoms with Crippen LogP contribution in [0.15, 0.2) is 16.6 Å². The Bertz CT molecular complexity index is 275. The molecule has 0 aliphatic heterocycles. The molecule has 1 nitrogen and oxygen atoms in total. The summed E-state index contributed by atoms with van der Waals surface area (Å²) in [6, 6.07) is 3.42. The van der Waals surface area contributed by atoms with E-state index < -0.39 is 0 Å². The van der Waals surface area contributed by atoms with Gasteiger partial charge < -0.3 is 5.11 Å². The lowest BCUT2D eigenvalue weighted by Gasteiger charge is -2.04. The Balaban J connectivity index is 3.29. The number of hydrogen-bond donors (Lipinski definition) is 1. The van der Waals surface area contributed by atoms with Crippen LogP contribution in [-0.2, 0) is 6.61 Å². The molecule has 0 fully saturated rings. The summed E-state index contributed by atoms with van der Waals surface area (Å²) in [5, 5.41) is 9.79. The fraction of sp³-hybridized carbons (Fsp3) is 0.143. The zero-order chi connectivity index (χ0) is 8.43. The molecule has 0 spiro atoms. The van der Waals surface area contributed by atoms with Crippen molar-refractivity contribution in [1.29, 1.82) is 0 Å². The van der Waals surface area contributed by atoms with E-state index in [0.29, 0.717) is 15.6 Å².